The predicted molar refractivity (Wildman–Crippen MR) is 71.0 cm³/mol. The molecule has 0 aliphatic carbocycles. The van der Waals surface area contributed by atoms with Crippen molar-refractivity contribution in [3.05, 3.63) is 40.9 Å². The lowest BCUT2D eigenvalue weighted by Crippen LogP contribution is -2.07. The molecule has 1 aromatic carbocycles. The Morgan fingerprint density at radius 1 is 1.06 bits per heavy atom. The smallest absolute Gasteiger partial charge is 0.123 e. The van der Waals surface area contributed by atoms with Crippen molar-refractivity contribution in [2.24, 2.45) is 0 Å². The Kier molecular flexibility index (Phi) is 2.85. The number of hydrogen-bond acceptors (Lipinski definition) is 2. The van der Waals surface area contributed by atoms with Crippen LogP contribution in [0.3, 0.4) is 0 Å². The third-order valence-electron chi connectivity index (χ3n) is 2.54. The van der Waals surface area contributed by atoms with Crippen LogP contribution in [0.4, 0.5) is 0 Å². The van der Waals surface area contributed by atoms with Gasteiger partial charge in [0.1, 0.15) is 5.01 Å². The molecule has 0 saturated carbocycles. The molecule has 2 aromatic rings. The molecule has 0 aliphatic rings. The highest BCUT2D eigenvalue weighted by molar-refractivity contribution is 7.15. The van der Waals surface area contributed by atoms with Crippen LogP contribution in [0, 0.1) is 6.92 Å². The SMILES string of the molecule is Cc1ccc(-c2ncc(C(C)(C)C)s2)cc1. The van der Waals surface area contributed by atoms with Crippen LogP contribution in [0.15, 0.2) is 30.5 Å². The summed E-state index contributed by atoms with van der Waals surface area (Å²) in [6, 6.07) is 8.54. The van der Waals surface area contributed by atoms with Gasteiger partial charge in [-0.15, -0.1) is 11.3 Å². The Hall–Kier alpha value is -1.15. The predicted octanol–water partition coefficient (Wildman–Crippen LogP) is 4.42. The van der Waals surface area contributed by atoms with Crippen molar-refractivity contribution < 1.29 is 0 Å². The molecule has 84 valence electrons. The van der Waals surface area contributed by atoms with E-state index < -0.39 is 0 Å². The molecule has 0 unspecified atom stereocenters. The summed E-state index contributed by atoms with van der Waals surface area (Å²) in [5.74, 6) is 0. The second-order valence-electron chi connectivity index (χ2n) is 5.15. The Morgan fingerprint density at radius 3 is 2.19 bits per heavy atom. The quantitative estimate of drug-likeness (QED) is 0.708. The van der Waals surface area contributed by atoms with Crippen molar-refractivity contribution in [2.75, 3.05) is 0 Å². The monoisotopic (exact) mass is 231 g/mol. The van der Waals surface area contributed by atoms with Crippen LogP contribution in [-0.4, -0.2) is 4.98 Å². The zero-order valence-corrected chi connectivity index (χ0v) is 11.1. The molecule has 0 bridgehead atoms. The van der Waals surface area contributed by atoms with Gasteiger partial charge in [-0.2, -0.15) is 0 Å². The molecule has 0 saturated heterocycles. The van der Waals surface area contributed by atoms with Gasteiger partial charge in [0, 0.05) is 16.6 Å². The average Bonchev–Trinajstić information content (AvgIpc) is 2.67. The first-order valence-corrected chi connectivity index (χ1v) is 6.32. The van der Waals surface area contributed by atoms with Gasteiger partial charge in [-0.3, -0.25) is 0 Å². The number of hydrogen-bond donors (Lipinski definition) is 0. The van der Waals surface area contributed by atoms with E-state index in [4.69, 9.17) is 0 Å². The molecule has 0 radical (unpaired) electrons. The lowest BCUT2D eigenvalue weighted by molar-refractivity contribution is 0.602. The van der Waals surface area contributed by atoms with Gasteiger partial charge in [0.05, 0.1) is 0 Å². The van der Waals surface area contributed by atoms with Crippen molar-refractivity contribution in [3.8, 4) is 10.6 Å². The van der Waals surface area contributed by atoms with Crippen LogP contribution < -0.4 is 0 Å². The normalized spacial score (nSPS) is 11.8. The lowest BCUT2D eigenvalue weighted by atomic mass is 9.96. The Labute approximate surface area is 101 Å². The maximum Gasteiger partial charge on any atom is 0.123 e. The van der Waals surface area contributed by atoms with Crippen LogP contribution in [0.25, 0.3) is 10.6 Å². The molecule has 1 heterocycles. The fraction of sp³-hybridized carbons (Fsp3) is 0.357. The van der Waals surface area contributed by atoms with E-state index in [1.807, 2.05) is 6.20 Å². The third-order valence-corrected chi connectivity index (χ3v) is 4.02. The largest absolute Gasteiger partial charge is 0.244 e. The molecule has 0 atom stereocenters. The standard InChI is InChI=1S/C14H17NS/c1-10-5-7-11(8-6-10)13-15-9-12(16-13)14(2,3)4/h5-9H,1-4H3. The van der Waals surface area contributed by atoms with Crippen molar-refractivity contribution in [1.29, 1.82) is 0 Å². The number of aromatic nitrogens is 1. The van der Waals surface area contributed by atoms with Crippen molar-refractivity contribution in [2.45, 2.75) is 33.1 Å². The molecule has 2 heteroatoms. The number of thiazole rings is 1. The van der Waals surface area contributed by atoms with E-state index in [1.54, 1.807) is 11.3 Å². The second kappa shape index (κ2) is 4.02. The van der Waals surface area contributed by atoms with Crippen molar-refractivity contribution in [1.82, 2.24) is 4.98 Å². The minimum atomic E-state index is 0.195. The van der Waals surface area contributed by atoms with Crippen LogP contribution in [0.5, 0.6) is 0 Å². The first-order chi connectivity index (χ1) is 7.47. The van der Waals surface area contributed by atoms with Gasteiger partial charge in [0.2, 0.25) is 0 Å². The second-order valence-corrected chi connectivity index (χ2v) is 6.18. The summed E-state index contributed by atoms with van der Waals surface area (Å²) >= 11 is 1.79. The maximum atomic E-state index is 4.50. The molecule has 16 heavy (non-hydrogen) atoms. The maximum absolute atomic E-state index is 4.50. The average molecular weight is 231 g/mol. The Bertz CT molecular complexity index is 474. The summed E-state index contributed by atoms with van der Waals surface area (Å²) in [5.41, 5.74) is 2.70. The van der Waals surface area contributed by atoms with Crippen LogP contribution in [-0.2, 0) is 5.41 Å². The first-order valence-electron chi connectivity index (χ1n) is 5.50. The van der Waals surface area contributed by atoms with Crippen molar-refractivity contribution in [3.63, 3.8) is 0 Å². The molecule has 1 nitrogen and oxygen atoms in total. The van der Waals surface area contributed by atoms with E-state index >= 15 is 0 Å². The Morgan fingerprint density at radius 2 is 1.69 bits per heavy atom. The van der Waals surface area contributed by atoms with Gasteiger partial charge in [-0.05, 0) is 12.3 Å². The zero-order valence-electron chi connectivity index (χ0n) is 10.2. The summed E-state index contributed by atoms with van der Waals surface area (Å²) in [6.07, 6.45) is 2.00. The summed E-state index contributed by atoms with van der Waals surface area (Å²) in [6.45, 7) is 8.77. The van der Waals surface area contributed by atoms with Gasteiger partial charge < -0.3 is 0 Å². The van der Waals surface area contributed by atoms with Gasteiger partial charge in [-0.25, -0.2) is 4.98 Å². The van der Waals surface area contributed by atoms with E-state index in [2.05, 4.69) is 56.9 Å². The molecular formula is C14H17NS. The highest BCUT2D eigenvalue weighted by Gasteiger charge is 2.17. The summed E-state index contributed by atoms with van der Waals surface area (Å²) in [7, 11) is 0. The fourth-order valence-corrected chi connectivity index (χ4v) is 2.43. The first kappa shape index (κ1) is 11.3. The molecule has 0 amide bonds. The van der Waals surface area contributed by atoms with E-state index in [0.29, 0.717) is 0 Å². The third kappa shape index (κ3) is 2.33. The van der Waals surface area contributed by atoms with Crippen LogP contribution in [0.1, 0.15) is 31.2 Å². The van der Waals surface area contributed by atoms with Gasteiger partial charge in [-0.1, -0.05) is 50.6 Å². The van der Waals surface area contributed by atoms with Crippen LogP contribution in [0.2, 0.25) is 0 Å². The van der Waals surface area contributed by atoms with Crippen molar-refractivity contribution >= 4 is 11.3 Å². The molecular weight excluding hydrogens is 214 g/mol. The minimum Gasteiger partial charge on any atom is -0.244 e. The van der Waals surface area contributed by atoms with Crippen LogP contribution >= 0.6 is 11.3 Å². The van der Waals surface area contributed by atoms with Gasteiger partial charge in [0.15, 0.2) is 0 Å². The molecule has 0 N–H and O–H groups in total. The Balaban J connectivity index is 2.35. The lowest BCUT2D eigenvalue weighted by Gasteiger charge is -2.14. The minimum absolute atomic E-state index is 0.195. The van der Waals surface area contributed by atoms with E-state index in [-0.39, 0.29) is 5.41 Å². The van der Waals surface area contributed by atoms with Gasteiger partial charge in [0.25, 0.3) is 0 Å². The van der Waals surface area contributed by atoms with E-state index in [0.717, 1.165) is 5.01 Å². The molecule has 0 aliphatic heterocycles. The molecule has 0 spiro atoms. The molecule has 2 rings (SSSR count). The highest BCUT2D eigenvalue weighted by atomic mass is 32.1. The number of aryl methyl sites for hydroxylation is 1. The zero-order chi connectivity index (χ0) is 11.8. The van der Waals surface area contributed by atoms with E-state index in [1.165, 1.54) is 16.0 Å². The summed E-state index contributed by atoms with van der Waals surface area (Å²) in [5, 5.41) is 1.12. The van der Waals surface area contributed by atoms with E-state index in [9.17, 15) is 0 Å². The number of benzene rings is 1. The molecule has 0 fully saturated rings. The van der Waals surface area contributed by atoms with Gasteiger partial charge >= 0.3 is 0 Å². The highest BCUT2D eigenvalue weighted by Crippen LogP contribution is 2.32. The summed E-state index contributed by atoms with van der Waals surface area (Å²) < 4.78 is 0. The fourth-order valence-electron chi connectivity index (χ4n) is 1.45. The number of rotatable bonds is 1. The topological polar surface area (TPSA) is 12.9 Å². The molecule has 1 aromatic heterocycles. The summed E-state index contributed by atoms with van der Waals surface area (Å²) in [4.78, 5) is 5.84. The number of nitrogens with zero attached hydrogens (tertiary/aromatic N) is 1.